The molecule has 1 aromatic carbocycles. The molecule has 0 bridgehead atoms. The molecular weight excluding hydrogens is 284 g/mol. The second-order valence-corrected chi connectivity index (χ2v) is 5.46. The topological polar surface area (TPSA) is 68.8 Å². The maximum Gasteiger partial charge on any atom is 0.255 e. The van der Waals surface area contributed by atoms with Gasteiger partial charge in [-0.1, -0.05) is 6.92 Å². The van der Waals surface area contributed by atoms with E-state index >= 15 is 0 Å². The molecule has 122 valence electrons. The molecule has 0 aliphatic carbocycles. The highest BCUT2D eigenvalue weighted by atomic mass is 16.5. The van der Waals surface area contributed by atoms with Crippen LogP contribution in [0, 0.1) is 5.92 Å². The third kappa shape index (κ3) is 3.44. The molecule has 2 rings (SSSR count). The van der Waals surface area contributed by atoms with Crippen molar-refractivity contribution in [2.24, 2.45) is 5.92 Å². The smallest absolute Gasteiger partial charge is 0.255 e. The molecule has 1 fully saturated rings. The van der Waals surface area contributed by atoms with Crippen LogP contribution in [0.2, 0.25) is 0 Å². The molecule has 22 heavy (non-hydrogen) atoms. The summed E-state index contributed by atoms with van der Waals surface area (Å²) in [4.78, 5) is 12.6. The Bertz CT molecular complexity index is 533. The SMILES string of the molecule is COc1cc(OC)c(C(=O)NC2CCNCC2C)cc1OC. The fourth-order valence-electron chi connectivity index (χ4n) is 2.68. The van der Waals surface area contributed by atoms with E-state index in [2.05, 4.69) is 17.6 Å². The molecule has 1 saturated heterocycles. The number of benzene rings is 1. The van der Waals surface area contributed by atoms with Crippen molar-refractivity contribution in [2.45, 2.75) is 19.4 Å². The zero-order valence-corrected chi connectivity index (χ0v) is 13.6. The molecule has 2 atom stereocenters. The van der Waals surface area contributed by atoms with E-state index in [1.807, 2.05) is 0 Å². The number of nitrogens with one attached hydrogen (secondary N) is 2. The Morgan fingerprint density at radius 2 is 1.77 bits per heavy atom. The van der Waals surface area contributed by atoms with Gasteiger partial charge in [0.2, 0.25) is 0 Å². The molecule has 6 nitrogen and oxygen atoms in total. The Balaban J connectivity index is 2.24. The lowest BCUT2D eigenvalue weighted by Gasteiger charge is -2.30. The van der Waals surface area contributed by atoms with Crippen molar-refractivity contribution in [1.29, 1.82) is 0 Å². The largest absolute Gasteiger partial charge is 0.496 e. The second kappa shape index (κ2) is 7.35. The van der Waals surface area contributed by atoms with Gasteiger partial charge in [-0.05, 0) is 25.4 Å². The maximum atomic E-state index is 12.6. The van der Waals surface area contributed by atoms with Crippen LogP contribution in [0.4, 0.5) is 0 Å². The van der Waals surface area contributed by atoms with Crippen LogP contribution in [0.1, 0.15) is 23.7 Å². The molecule has 2 N–H and O–H groups in total. The first kappa shape index (κ1) is 16.4. The number of amides is 1. The van der Waals surface area contributed by atoms with E-state index in [4.69, 9.17) is 14.2 Å². The van der Waals surface area contributed by atoms with Gasteiger partial charge in [0, 0.05) is 18.2 Å². The number of carbonyl (C=O) groups excluding carboxylic acids is 1. The van der Waals surface area contributed by atoms with Crippen molar-refractivity contribution < 1.29 is 19.0 Å². The summed E-state index contributed by atoms with van der Waals surface area (Å²) >= 11 is 0. The Morgan fingerprint density at radius 3 is 2.36 bits per heavy atom. The summed E-state index contributed by atoms with van der Waals surface area (Å²) in [6.45, 7) is 3.95. The number of hydrogen-bond acceptors (Lipinski definition) is 5. The minimum Gasteiger partial charge on any atom is -0.496 e. The number of methoxy groups -OCH3 is 3. The fraction of sp³-hybridized carbons (Fsp3) is 0.562. The molecule has 1 amide bonds. The minimum absolute atomic E-state index is 0.156. The molecule has 1 heterocycles. The summed E-state index contributed by atoms with van der Waals surface area (Å²) in [5.74, 6) is 1.75. The highest BCUT2D eigenvalue weighted by Crippen LogP contribution is 2.34. The Hall–Kier alpha value is -1.95. The van der Waals surface area contributed by atoms with Gasteiger partial charge in [-0.15, -0.1) is 0 Å². The number of rotatable bonds is 5. The fourth-order valence-corrected chi connectivity index (χ4v) is 2.68. The van der Waals surface area contributed by atoms with Crippen LogP contribution in [-0.2, 0) is 0 Å². The van der Waals surface area contributed by atoms with E-state index in [9.17, 15) is 4.79 Å². The van der Waals surface area contributed by atoms with Gasteiger partial charge >= 0.3 is 0 Å². The Labute approximate surface area is 131 Å². The molecule has 0 saturated carbocycles. The minimum atomic E-state index is -0.156. The van der Waals surface area contributed by atoms with Crippen molar-refractivity contribution in [3.05, 3.63) is 17.7 Å². The van der Waals surface area contributed by atoms with E-state index in [0.717, 1.165) is 19.5 Å². The van der Waals surface area contributed by atoms with Crippen molar-refractivity contribution in [2.75, 3.05) is 34.4 Å². The normalized spacial score (nSPS) is 21.1. The van der Waals surface area contributed by atoms with E-state index in [0.29, 0.717) is 28.7 Å². The van der Waals surface area contributed by atoms with E-state index < -0.39 is 0 Å². The van der Waals surface area contributed by atoms with Gasteiger partial charge in [0.05, 0.1) is 26.9 Å². The van der Waals surface area contributed by atoms with Gasteiger partial charge < -0.3 is 24.8 Å². The predicted octanol–water partition coefficient (Wildman–Crippen LogP) is 1.44. The quantitative estimate of drug-likeness (QED) is 0.861. The van der Waals surface area contributed by atoms with Crippen molar-refractivity contribution in [3.63, 3.8) is 0 Å². The average molecular weight is 308 g/mol. The molecule has 0 aromatic heterocycles. The number of ether oxygens (including phenoxy) is 3. The first-order valence-corrected chi connectivity index (χ1v) is 7.42. The zero-order valence-electron chi connectivity index (χ0n) is 13.6. The van der Waals surface area contributed by atoms with Crippen molar-refractivity contribution in [3.8, 4) is 17.2 Å². The summed E-state index contributed by atoms with van der Waals surface area (Å²) < 4.78 is 15.8. The summed E-state index contributed by atoms with van der Waals surface area (Å²) in [6.07, 6.45) is 0.919. The van der Waals surface area contributed by atoms with Crippen LogP contribution < -0.4 is 24.8 Å². The van der Waals surface area contributed by atoms with Crippen LogP contribution in [0.25, 0.3) is 0 Å². The Morgan fingerprint density at radius 1 is 1.14 bits per heavy atom. The van der Waals surface area contributed by atoms with Gasteiger partial charge in [0.25, 0.3) is 5.91 Å². The number of carbonyl (C=O) groups is 1. The zero-order chi connectivity index (χ0) is 16.1. The van der Waals surface area contributed by atoms with Gasteiger partial charge in [0.15, 0.2) is 11.5 Å². The maximum absolute atomic E-state index is 12.6. The monoisotopic (exact) mass is 308 g/mol. The third-order valence-corrected chi connectivity index (χ3v) is 4.05. The van der Waals surface area contributed by atoms with Gasteiger partial charge in [-0.2, -0.15) is 0 Å². The van der Waals surface area contributed by atoms with Gasteiger partial charge in [-0.25, -0.2) is 0 Å². The van der Waals surface area contributed by atoms with E-state index in [-0.39, 0.29) is 11.9 Å². The summed E-state index contributed by atoms with van der Waals surface area (Å²) in [5.41, 5.74) is 0.450. The first-order valence-electron chi connectivity index (χ1n) is 7.42. The Kier molecular flexibility index (Phi) is 5.49. The van der Waals surface area contributed by atoms with Gasteiger partial charge in [-0.3, -0.25) is 4.79 Å². The first-order chi connectivity index (χ1) is 10.6. The predicted molar refractivity (Wildman–Crippen MR) is 84.0 cm³/mol. The molecule has 6 heteroatoms. The summed E-state index contributed by atoms with van der Waals surface area (Å²) in [7, 11) is 4.62. The lowest BCUT2D eigenvalue weighted by molar-refractivity contribution is 0.0910. The van der Waals surface area contributed by atoms with Gasteiger partial charge in [0.1, 0.15) is 5.75 Å². The number of hydrogen-bond donors (Lipinski definition) is 2. The molecular formula is C16H24N2O4. The molecule has 0 spiro atoms. The third-order valence-electron chi connectivity index (χ3n) is 4.05. The highest BCUT2D eigenvalue weighted by molar-refractivity contribution is 5.98. The molecule has 1 aliphatic rings. The number of piperidine rings is 1. The molecule has 0 radical (unpaired) electrons. The lowest BCUT2D eigenvalue weighted by atomic mass is 9.95. The molecule has 2 unspecified atom stereocenters. The molecule has 1 aromatic rings. The van der Waals surface area contributed by atoms with Crippen LogP contribution in [0.5, 0.6) is 17.2 Å². The summed E-state index contributed by atoms with van der Waals surface area (Å²) in [6, 6.07) is 3.48. The van der Waals surface area contributed by atoms with Crippen LogP contribution >= 0.6 is 0 Å². The summed E-state index contributed by atoms with van der Waals surface area (Å²) in [5, 5.41) is 6.41. The lowest BCUT2D eigenvalue weighted by Crippen LogP contribution is -2.48. The van der Waals surface area contributed by atoms with Crippen LogP contribution in [0.15, 0.2) is 12.1 Å². The standard InChI is InChI=1S/C16H24N2O4/c1-10-9-17-6-5-12(10)18-16(19)11-7-14(21-3)15(22-4)8-13(11)20-2/h7-8,10,12,17H,5-6,9H2,1-4H3,(H,18,19). The van der Waals surface area contributed by atoms with Crippen molar-refractivity contribution in [1.82, 2.24) is 10.6 Å². The van der Waals surface area contributed by atoms with E-state index in [1.165, 1.54) is 7.11 Å². The second-order valence-electron chi connectivity index (χ2n) is 5.46. The molecule has 1 aliphatic heterocycles. The van der Waals surface area contributed by atoms with E-state index in [1.54, 1.807) is 26.4 Å². The van der Waals surface area contributed by atoms with Crippen LogP contribution in [-0.4, -0.2) is 46.4 Å². The highest BCUT2D eigenvalue weighted by Gasteiger charge is 2.25. The van der Waals surface area contributed by atoms with Crippen LogP contribution in [0.3, 0.4) is 0 Å². The van der Waals surface area contributed by atoms with Crippen molar-refractivity contribution >= 4 is 5.91 Å². The average Bonchev–Trinajstić information content (AvgIpc) is 2.55.